The maximum Gasteiger partial charge on any atom is 0.227 e. The van der Waals surface area contributed by atoms with E-state index in [2.05, 4.69) is 15.3 Å². The second-order valence-corrected chi connectivity index (χ2v) is 3.58. The molecule has 0 saturated carbocycles. The molecule has 0 aliphatic heterocycles. The highest BCUT2D eigenvalue weighted by Gasteiger charge is 2.07. The molecule has 86 valence electrons. The Labute approximate surface area is 104 Å². The van der Waals surface area contributed by atoms with Gasteiger partial charge in [0.05, 0.1) is 5.88 Å². The van der Waals surface area contributed by atoms with Crippen molar-refractivity contribution < 1.29 is 4.79 Å². The van der Waals surface area contributed by atoms with Crippen LogP contribution in [0.3, 0.4) is 0 Å². The van der Waals surface area contributed by atoms with Crippen LogP contribution in [-0.2, 0) is 0 Å². The SMILES string of the molecule is O=C(CCl)c1ccnc(Nc2ccccc2)n1. The quantitative estimate of drug-likeness (QED) is 0.667. The lowest BCUT2D eigenvalue weighted by atomic mass is 10.3. The van der Waals surface area contributed by atoms with Crippen molar-refractivity contribution in [3.63, 3.8) is 0 Å². The van der Waals surface area contributed by atoms with Gasteiger partial charge in [0.25, 0.3) is 0 Å². The molecule has 0 aliphatic rings. The summed E-state index contributed by atoms with van der Waals surface area (Å²) in [5, 5.41) is 3.01. The van der Waals surface area contributed by atoms with Gasteiger partial charge in [-0.15, -0.1) is 11.6 Å². The average Bonchev–Trinajstić information content (AvgIpc) is 2.39. The van der Waals surface area contributed by atoms with E-state index in [1.807, 2.05) is 30.3 Å². The number of carbonyl (C=O) groups is 1. The Morgan fingerprint density at radius 3 is 2.71 bits per heavy atom. The summed E-state index contributed by atoms with van der Waals surface area (Å²) in [6, 6.07) is 11.0. The van der Waals surface area contributed by atoms with E-state index in [1.54, 1.807) is 6.07 Å². The molecular weight excluding hydrogens is 238 g/mol. The first kappa shape index (κ1) is 11.5. The zero-order valence-corrected chi connectivity index (χ0v) is 9.69. The van der Waals surface area contributed by atoms with Crippen molar-refractivity contribution in [2.45, 2.75) is 0 Å². The van der Waals surface area contributed by atoms with Crippen LogP contribution in [0, 0.1) is 0 Å². The summed E-state index contributed by atoms with van der Waals surface area (Å²) in [7, 11) is 0. The highest BCUT2D eigenvalue weighted by molar-refractivity contribution is 6.30. The Hall–Kier alpha value is -1.94. The molecule has 1 heterocycles. The van der Waals surface area contributed by atoms with E-state index in [9.17, 15) is 4.79 Å². The van der Waals surface area contributed by atoms with E-state index in [-0.39, 0.29) is 11.7 Å². The first-order valence-electron chi connectivity index (χ1n) is 5.04. The van der Waals surface area contributed by atoms with Crippen LogP contribution in [0.5, 0.6) is 0 Å². The fourth-order valence-corrected chi connectivity index (χ4v) is 1.43. The van der Waals surface area contributed by atoms with E-state index in [0.717, 1.165) is 5.69 Å². The third-order valence-corrected chi connectivity index (χ3v) is 2.34. The molecule has 1 aromatic carbocycles. The van der Waals surface area contributed by atoms with E-state index >= 15 is 0 Å². The Morgan fingerprint density at radius 2 is 2.00 bits per heavy atom. The maximum absolute atomic E-state index is 11.4. The highest BCUT2D eigenvalue weighted by atomic mass is 35.5. The number of carbonyl (C=O) groups excluding carboxylic acids is 1. The first-order chi connectivity index (χ1) is 8.29. The van der Waals surface area contributed by atoms with Crippen molar-refractivity contribution in [2.75, 3.05) is 11.2 Å². The lowest BCUT2D eigenvalue weighted by Crippen LogP contribution is -2.06. The van der Waals surface area contributed by atoms with Gasteiger partial charge in [-0.3, -0.25) is 4.79 Å². The summed E-state index contributed by atoms with van der Waals surface area (Å²) in [5.74, 6) is 0.0827. The van der Waals surface area contributed by atoms with Crippen molar-refractivity contribution in [3.05, 3.63) is 48.3 Å². The standard InChI is InChI=1S/C12H10ClN3O/c13-8-11(17)10-6-7-14-12(16-10)15-9-4-2-1-3-5-9/h1-7H,8H2,(H,14,15,16). The average molecular weight is 248 g/mol. The summed E-state index contributed by atoms with van der Waals surface area (Å²) in [6.45, 7) is 0. The molecule has 17 heavy (non-hydrogen) atoms. The molecule has 0 radical (unpaired) electrons. The first-order valence-corrected chi connectivity index (χ1v) is 5.57. The molecule has 0 spiro atoms. The summed E-state index contributed by atoms with van der Waals surface area (Å²) >= 11 is 5.47. The predicted molar refractivity (Wildman–Crippen MR) is 66.8 cm³/mol. The van der Waals surface area contributed by atoms with Gasteiger partial charge < -0.3 is 5.32 Å². The van der Waals surface area contributed by atoms with Crippen LogP contribution >= 0.6 is 11.6 Å². The van der Waals surface area contributed by atoms with Crippen LogP contribution < -0.4 is 5.32 Å². The fourth-order valence-electron chi connectivity index (χ4n) is 1.29. The van der Waals surface area contributed by atoms with Crippen molar-refractivity contribution >= 4 is 29.0 Å². The van der Waals surface area contributed by atoms with E-state index in [4.69, 9.17) is 11.6 Å². The predicted octanol–water partition coefficient (Wildman–Crippen LogP) is 2.64. The molecule has 2 rings (SSSR count). The van der Waals surface area contributed by atoms with Gasteiger partial charge in [-0.2, -0.15) is 0 Å². The van der Waals surface area contributed by atoms with E-state index in [0.29, 0.717) is 11.6 Å². The number of benzene rings is 1. The lowest BCUT2D eigenvalue weighted by molar-refractivity contribution is 0.101. The summed E-state index contributed by atoms with van der Waals surface area (Å²) in [5.41, 5.74) is 1.18. The minimum Gasteiger partial charge on any atom is -0.324 e. The number of para-hydroxylation sites is 1. The number of ketones is 1. The Morgan fingerprint density at radius 1 is 1.24 bits per heavy atom. The number of nitrogens with one attached hydrogen (secondary N) is 1. The van der Waals surface area contributed by atoms with Gasteiger partial charge >= 0.3 is 0 Å². The Balaban J connectivity index is 2.20. The van der Waals surface area contributed by atoms with Crippen LogP contribution in [0.15, 0.2) is 42.6 Å². The van der Waals surface area contributed by atoms with Crippen LogP contribution in [0.1, 0.15) is 10.5 Å². The molecular formula is C12H10ClN3O. The minimum atomic E-state index is -0.217. The van der Waals surface area contributed by atoms with Crippen LogP contribution in [0.25, 0.3) is 0 Å². The molecule has 0 saturated heterocycles. The van der Waals surface area contributed by atoms with Gasteiger partial charge in [0, 0.05) is 11.9 Å². The van der Waals surface area contributed by atoms with Crippen LogP contribution in [-0.4, -0.2) is 21.6 Å². The monoisotopic (exact) mass is 247 g/mol. The van der Waals surface area contributed by atoms with Crippen LogP contribution in [0.2, 0.25) is 0 Å². The topological polar surface area (TPSA) is 54.9 Å². The van der Waals surface area contributed by atoms with Gasteiger partial charge in [-0.05, 0) is 18.2 Å². The second-order valence-electron chi connectivity index (χ2n) is 3.31. The van der Waals surface area contributed by atoms with Gasteiger partial charge in [0.15, 0.2) is 5.78 Å². The number of Topliss-reactive ketones (excluding diaryl/α,β-unsaturated/α-hetero) is 1. The van der Waals surface area contributed by atoms with Crippen molar-refractivity contribution in [3.8, 4) is 0 Å². The zero-order valence-electron chi connectivity index (χ0n) is 8.93. The Bertz CT molecular complexity index is 516. The zero-order chi connectivity index (χ0) is 12.1. The molecule has 1 N–H and O–H groups in total. The molecule has 2 aromatic rings. The molecule has 0 bridgehead atoms. The van der Waals surface area contributed by atoms with Crippen molar-refractivity contribution in [1.29, 1.82) is 0 Å². The van der Waals surface area contributed by atoms with E-state index < -0.39 is 0 Å². The number of anilines is 2. The largest absolute Gasteiger partial charge is 0.324 e. The molecule has 0 amide bonds. The molecule has 5 heteroatoms. The van der Waals surface area contributed by atoms with Crippen molar-refractivity contribution in [2.24, 2.45) is 0 Å². The molecule has 0 atom stereocenters. The van der Waals surface area contributed by atoms with Gasteiger partial charge in [-0.25, -0.2) is 9.97 Å². The lowest BCUT2D eigenvalue weighted by Gasteiger charge is -2.04. The van der Waals surface area contributed by atoms with E-state index in [1.165, 1.54) is 6.20 Å². The second kappa shape index (κ2) is 5.41. The number of nitrogens with zero attached hydrogens (tertiary/aromatic N) is 2. The highest BCUT2D eigenvalue weighted by Crippen LogP contribution is 2.11. The van der Waals surface area contributed by atoms with Gasteiger partial charge in [0.1, 0.15) is 5.69 Å². The number of halogens is 1. The molecule has 1 aromatic heterocycles. The third-order valence-electron chi connectivity index (χ3n) is 2.09. The number of rotatable bonds is 4. The summed E-state index contributed by atoms with van der Waals surface area (Å²) < 4.78 is 0. The molecule has 0 unspecified atom stereocenters. The smallest absolute Gasteiger partial charge is 0.227 e. The number of alkyl halides is 1. The molecule has 0 aliphatic carbocycles. The molecule has 0 fully saturated rings. The number of hydrogen-bond acceptors (Lipinski definition) is 4. The van der Waals surface area contributed by atoms with Crippen molar-refractivity contribution in [1.82, 2.24) is 9.97 Å². The van der Waals surface area contributed by atoms with Gasteiger partial charge in [0.2, 0.25) is 5.95 Å². The summed E-state index contributed by atoms with van der Waals surface area (Å²) in [4.78, 5) is 19.5. The minimum absolute atomic E-state index is 0.0816. The summed E-state index contributed by atoms with van der Waals surface area (Å²) in [6.07, 6.45) is 1.53. The maximum atomic E-state index is 11.4. The van der Waals surface area contributed by atoms with Crippen LogP contribution in [0.4, 0.5) is 11.6 Å². The number of hydrogen-bond donors (Lipinski definition) is 1. The fraction of sp³-hybridized carbons (Fsp3) is 0.0833. The Kier molecular flexibility index (Phi) is 3.67. The number of aromatic nitrogens is 2. The third kappa shape index (κ3) is 3.01. The normalized spacial score (nSPS) is 9.94. The van der Waals surface area contributed by atoms with Gasteiger partial charge in [-0.1, -0.05) is 18.2 Å². The molecule has 4 nitrogen and oxygen atoms in total.